The van der Waals surface area contributed by atoms with Crippen LogP contribution in [0.3, 0.4) is 0 Å². The van der Waals surface area contributed by atoms with Gasteiger partial charge in [0.2, 0.25) is 0 Å². The monoisotopic (exact) mass is 394 g/mol. The third kappa shape index (κ3) is 5.35. The Kier molecular flexibility index (Phi) is 7.37. The van der Waals surface area contributed by atoms with Gasteiger partial charge in [-0.15, -0.1) is 0 Å². The molecule has 0 saturated heterocycles. The molecule has 0 aliphatic heterocycles. The van der Waals surface area contributed by atoms with Crippen molar-refractivity contribution in [3.8, 4) is 5.75 Å². The van der Waals surface area contributed by atoms with Crippen LogP contribution in [0.1, 0.15) is 36.1 Å². The van der Waals surface area contributed by atoms with Crippen LogP contribution in [0.25, 0.3) is 16.9 Å². The highest BCUT2D eigenvalue weighted by Crippen LogP contribution is 2.32. The number of hydrogen-bond donors (Lipinski definition) is 0. The topological polar surface area (TPSA) is 61.8 Å². The summed E-state index contributed by atoms with van der Waals surface area (Å²) in [6.07, 6.45) is 0. The molecule has 0 radical (unpaired) electrons. The highest BCUT2D eigenvalue weighted by Gasteiger charge is 2.19. The second-order valence-corrected chi connectivity index (χ2v) is 6.66. The number of hydrogen-bond acceptors (Lipinski definition) is 5. The van der Waals surface area contributed by atoms with Crippen LogP contribution < -0.4 is 4.74 Å². The number of esters is 1. The van der Waals surface area contributed by atoms with Gasteiger partial charge in [-0.3, -0.25) is 4.79 Å². The van der Waals surface area contributed by atoms with E-state index in [2.05, 4.69) is 11.3 Å². The molecule has 2 aromatic carbocycles. The van der Waals surface area contributed by atoms with Gasteiger partial charge in [0, 0.05) is 5.56 Å². The van der Waals surface area contributed by atoms with Crippen LogP contribution >= 0.6 is 0 Å². The lowest BCUT2D eigenvalue weighted by molar-refractivity contribution is -0.142. The van der Waals surface area contributed by atoms with Crippen molar-refractivity contribution in [2.24, 2.45) is 0 Å². The fourth-order valence-electron chi connectivity index (χ4n) is 2.90. The molecule has 0 amide bonds. The Morgan fingerprint density at radius 1 is 0.931 bits per heavy atom. The Morgan fingerprint density at radius 2 is 1.55 bits per heavy atom. The zero-order valence-electron chi connectivity index (χ0n) is 17.5. The summed E-state index contributed by atoms with van der Waals surface area (Å²) in [7, 11) is 2.84. The molecule has 5 nitrogen and oxygen atoms in total. The third-order valence-corrected chi connectivity index (χ3v) is 4.48. The van der Waals surface area contributed by atoms with E-state index in [1.54, 1.807) is 24.3 Å². The van der Waals surface area contributed by atoms with Crippen molar-refractivity contribution in [3.05, 3.63) is 71.3 Å². The quantitative estimate of drug-likeness (QED) is 0.281. The Labute approximate surface area is 171 Å². The molecule has 0 unspecified atom stereocenters. The standard InChI is InChI=1S/C24H26O5/c1-15(2)19-8-7-16(3)21(13-19)23(17(4)25)24(28-6)18-9-11-20(12-10-18)29-14-22(26)27-5/h7-13H,1,14H2,2-6H3/b24-23+. The van der Waals surface area contributed by atoms with E-state index >= 15 is 0 Å². The number of carbonyl (C=O) groups excluding carboxylic acids is 2. The first-order valence-corrected chi connectivity index (χ1v) is 9.14. The van der Waals surface area contributed by atoms with E-state index in [-0.39, 0.29) is 12.4 Å². The average molecular weight is 394 g/mol. The number of benzene rings is 2. The maximum Gasteiger partial charge on any atom is 0.343 e. The highest BCUT2D eigenvalue weighted by atomic mass is 16.6. The summed E-state index contributed by atoms with van der Waals surface area (Å²) >= 11 is 0. The molecule has 0 N–H and O–H groups in total. The van der Waals surface area contributed by atoms with Crippen molar-refractivity contribution in [3.63, 3.8) is 0 Å². The minimum atomic E-state index is -0.460. The molecule has 0 aliphatic carbocycles. The van der Waals surface area contributed by atoms with Crippen molar-refractivity contribution >= 4 is 28.7 Å². The summed E-state index contributed by atoms with van der Waals surface area (Å²) in [6.45, 7) is 9.22. The summed E-state index contributed by atoms with van der Waals surface area (Å²) in [4.78, 5) is 23.8. The number of allylic oxidation sites excluding steroid dienone is 2. The molecule has 2 rings (SSSR count). The fourth-order valence-corrected chi connectivity index (χ4v) is 2.90. The molecule has 0 aliphatic rings. The molecule has 0 aromatic heterocycles. The lowest BCUT2D eigenvalue weighted by Gasteiger charge is -2.16. The lowest BCUT2D eigenvalue weighted by Crippen LogP contribution is -2.12. The number of methoxy groups -OCH3 is 2. The van der Waals surface area contributed by atoms with Gasteiger partial charge in [-0.1, -0.05) is 24.3 Å². The predicted octanol–water partition coefficient (Wildman–Crippen LogP) is 4.68. The summed E-state index contributed by atoms with van der Waals surface area (Å²) in [5.41, 5.74) is 4.87. The number of Topliss-reactive ketones (excluding diaryl/α,β-unsaturated/α-hetero) is 1. The lowest BCUT2D eigenvalue weighted by atomic mass is 9.91. The van der Waals surface area contributed by atoms with E-state index in [9.17, 15) is 9.59 Å². The number of ketones is 1. The predicted molar refractivity (Wildman–Crippen MR) is 114 cm³/mol. The average Bonchev–Trinajstić information content (AvgIpc) is 2.71. The maximum absolute atomic E-state index is 12.6. The Balaban J connectivity index is 2.51. The molecule has 2 aromatic rings. The van der Waals surface area contributed by atoms with Crippen LogP contribution in [-0.4, -0.2) is 32.6 Å². The minimum Gasteiger partial charge on any atom is -0.495 e. The Morgan fingerprint density at radius 3 is 2.07 bits per heavy atom. The molecule has 152 valence electrons. The van der Waals surface area contributed by atoms with Gasteiger partial charge in [-0.25, -0.2) is 4.79 Å². The van der Waals surface area contributed by atoms with Crippen LogP contribution in [0.2, 0.25) is 0 Å². The van der Waals surface area contributed by atoms with E-state index in [0.29, 0.717) is 17.1 Å². The van der Waals surface area contributed by atoms with Gasteiger partial charge >= 0.3 is 5.97 Å². The molecular formula is C24H26O5. The van der Waals surface area contributed by atoms with E-state index in [1.807, 2.05) is 32.0 Å². The van der Waals surface area contributed by atoms with Crippen molar-refractivity contribution in [2.75, 3.05) is 20.8 Å². The third-order valence-electron chi connectivity index (χ3n) is 4.48. The maximum atomic E-state index is 12.6. The van der Waals surface area contributed by atoms with E-state index in [1.165, 1.54) is 21.1 Å². The van der Waals surface area contributed by atoms with Gasteiger partial charge in [0.1, 0.15) is 11.5 Å². The van der Waals surface area contributed by atoms with E-state index in [0.717, 1.165) is 27.8 Å². The first kappa shape index (κ1) is 22.0. The molecule has 29 heavy (non-hydrogen) atoms. The molecule has 0 heterocycles. The first-order chi connectivity index (χ1) is 13.8. The summed E-state index contributed by atoms with van der Waals surface area (Å²) in [5.74, 6) is 0.423. The summed E-state index contributed by atoms with van der Waals surface area (Å²) < 4.78 is 15.6. The largest absolute Gasteiger partial charge is 0.495 e. The number of rotatable bonds is 8. The van der Waals surface area contributed by atoms with Crippen LogP contribution in [-0.2, 0) is 19.1 Å². The van der Waals surface area contributed by atoms with Gasteiger partial charge < -0.3 is 14.2 Å². The van der Waals surface area contributed by atoms with Gasteiger partial charge in [0.05, 0.1) is 19.8 Å². The smallest absolute Gasteiger partial charge is 0.343 e. The van der Waals surface area contributed by atoms with Gasteiger partial charge in [-0.2, -0.15) is 0 Å². The second kappa shape index (κ2) is 9.73. The zero-order valence-corrected chi connectivity index (χ0v) is 17.5. The number of aryl methyl sites for hydroxylation is 1. The van der Waals surface area contributed by atoms with Crippen molar-refractivity contribution in [1.82, 2.24) is 0 Å². The summed E-state index contributed by atoms with van der Waals surface area (Å²) in [6, 6.07) is 12.9. The number of carbonyl (C=O) groups is 2. The zero-order chi connectivity index (χ0) is 21.6. The van der Waals surface area contributed by atoms with E-state index in [4.69, 9.17) is 9.47 Å². The Hall–Kier alpha value is -3.34. The van der Waals surface area contributed by atoms with Gasteiger partial charge in [0.15, 0.2) is 12.4 Å². The molecule has 0 bridgehead atoms. The molecule has 0 spiro atoms. The van der Waals surface area contributed by atoms with E-state index < -0.39 is 5.97 Å². The molecule has 0 fully saturated rings. The second-order valence-electron chi connectivity index (χ2n) is 6.66. The van der Waals surface area contributed by atoms with Crippen LogP contribution in [0.4, 0.5) is 0 Å². The SMILES string of the molecule is C=C(C)c1ccc(C)c(/C(C(C)=O)=C(/OC)c2ccc(OCC(=O)OC)cc2)c1. The fraction of sp³-hybridized carbons (Fsp3) is 0.250. The van der Waals surface area contributed by atoms with Crippen LogP contribution in [0, 0.1) is 6.92 Å². The normalized spacial score (nSPS) is 11.3. The van der Waals surface area contributed by atoms with Gasteiger partial charge in [-0.05, 0) is 67.8 Å². The first-order valence-electron chi connectivity index (χ1n) is 9.14. The van der Waals surface area contributed by atoms with Crippen LogP contribution in [0.15, 0.2) is 49.0 Å². The minimum absolute atomic E-state index is 0.102. The highest BCUT2D eigenvalue weighted by molar-refractivity contribution is 6.26. The molecule has 0 saturated carbocycles. The van der Waals surface area contributed by atoms with Crippen molar-refractivity contribution in [1.29, 1.82) is 0 Å². The number of ether oxygens (including phenoxy) is 3. The van der Waals surface area contributed by atoms with Gasteiger partial charge in [0.25, 0.3) is 0 Å². The Bertz CT molecular complexity index is 952. The molecule has 0 atom stereocenters. The molecule has 5 heteroatoms. The molecular weight excluding hydrogens is 368 g/mol. The van der Waals surface area contributed by atoms with Crippen LogP contribution in [0.5, 0.6) is 5.75 Å². The van der Waals surface area contributed by atoms with Crippen molar-refractivity contribution in [2.45, 2.75) is 20.8 Å². The van der Waals surface area contributed by atoms with Crippen molar-refractivity contribution < 1.29 is 23.8 Å². The summed E-state index contributed by atoms with van der Waals surface area (Å²) in [5, 5.41) is 0.